The highest BCUT2D eigenvalue weighted by atomic mass is 35.5. The number of hydrogen-bond donors (Lipinski definition) is 3. The number of amides is 2. The van der Waals surface area contributed by atoms with E-state index in [2.05, 4.69) is 22.0 Å². The molecule has 2 amide bonds. The van der Waals surface area contributed by atoms with Crippen molar-refractivity contribution in [2.24, 2.45) is 0 Å². The van der Waals surface area contributed by atoms with Gasteiger partial charge in [-0.05, 0) is 83.4 Å². The van der Waals surface area contributed by atoms with Crippen molar-refractivity contribution in [1.82, 2.24) is 5.32 Å². The molecule has 9 heteroatoms. The van der Waals surface area contributed by atoms with Gasteiger partial charge in [0.1, 0.15) is 11.6 Å². The Kier molecular flexibility index (Phi) is 7.84. The number of carbonyl (C=O) groups is 2. The number of dihydropyridines is 1. The number of hydrogen-bond acceptors (Lipinski definition) is 3. The number of allylic oxidation sites excluding steroid dienone is 2. The summed E-state index contributed by atoms with van der Waals surface area (Å²) in [6, 6.07) is 25.5. The molecule has 0 radical (unpaired) electrons. The standard InChI is InChI=1S/C35H25Cl2F2N3O2/c1-18-30(34(43)41-22-11-13-28(38)26(36)16-22)33(31(19(2)40-18)35(44)42-23-12-14-29(39)27(37)17-23)32-24-9-5-3-7-20(24)15-21-8-4-6-10-25(21)32/h3-17,33,40H,1-2H3,(H,41,43)(H,42,44). The van der Waals surface area contributed by atoms with Crippen molar-refractivity contribution in [2.75, 3.05) is 10.6 Å². The Morgan fingerprint density at radius 2 is 1.09 bits per heavy atom. The molecule has 1 heterocycles. The highest BCUT2D eigenvalue weighted by molar-refractivity contribution is 6.31. The highest BCUT2D eigenvalue weighted by Gasteiger charge is 2.38. The molecular weight excluding hydrogens is 603 g/mol. The predicted octanol–water partition coefficient (Wildman–Crippen LogP) is 9.09. The fraction of sp³-hybridized carbons (Fsp3) is 0.0857. The van der Waals surface area contributed by atoms with E-state index in [4.69, 9.17) is 23.2 Å². The third kappa shape index (κ3) is 5.41. The van der Waals surface area contributed by atoms with Crippen molar-refractivity contribution < 1.29 is 18.4 Å². The van der Waals surface area contributed by atoms with Gasteiger partial charge in [0.25, 0.3) is 11.8 Å². The van der Waals surface area contributed by atoms with Crippen LogP contribution in [0.5, 0.6) is 0 Å². The number of rotatable bonds is 5. The maximum absolute atomic E-state index is 14.2. The number of fused-ring (bicyclic) bond motifs is 2. The van der Waals surface area contributed by atoms with Gasteiger partial charge in [0.2, 0.25) is 0 Å². The van der Waals surface area contributed by atoms with Crippen molar-refractivity contribution in [2.45, 2.75) is 19.8 Å². The van der Waals surface area contributed by atoms with Gasteiger partial charge in [0.05, 0.1) is 10.0 Å². The third-order valence-electron chi connectivity index (χ3n) is 7.71. The van der Waals surface area contributed by atoms with Gasteiger partial charge in [0, 0.05) is 39.8 Å². The smallest absolute Gasteiger partial charge is 0.254 e. The van der Waals surface area contributed by atoms with Gasteiger partial charge in [-0.2, -0.15) is 0 Å². The van der Waals surface area contributed by atoms with Gasteiger partial charge in [-0.25, -0.2) is 8.78 Å². The molecule has 220 valence electrons. The molecule has 5 aromatic carbocycles. The average Bonchev–Trinajstić information content (AvgIpc) is 2.99. The van der Waals surface area contributed by atoms with Gasteiger partial charge in [0.15, 0.2) is 0 Å². The summed E-state index contributed by atoms with van der Waals surface area (Å²) in [5, 5.41) is 12.2. The Bertz CT molecular complexity index is 1930. The maximum Gasteiger partial charge on any atom is 0.254 e. The molecule has 5 aromatic rings. The number of benzene rings is 5. The first-order valence-corrected chi connectivity index (χ1v) is 14.5. The zero-order valence-corrected chi connectivity index (χ0v) is 25.1. The molecule has 6 rings (SSSR count). The Morgan fingerprint density at radius 3 is 1.52 bits per heavy atom. The number of halogens is 4. The van der Waals surface area contributed by atoms with E-state index in [1.165, 1.54) is 36.4 Å². The SMILES string of the molecule is CC1=C(C(=O)Nc2ccc(F)c(Cl)c2)C(c2c3ccccc3cc3ccccc23)C(C(=O)Nc2ccc(F)c(Cl)c2)=C(C)N1. The van der Waals surface area contributed by atoms with Crippen LogP contribution in [0.15, 0.2) is 114 Å². The quantitative estimate of drug-likeness (QED) is 0.170. The Balaban J connectivity index is 1.57. The number of carbonyl (C=O) groups excluding carboxylic acids is 2. The molecule has 3 N–H and O–H groups in total. The lowest BCUT2D eigenvalue weighted by molar-refractivity contribution is -0.113. The Hall–Kier alpha value is -4.72. The summed E-state index contributed by atoms with van der Waals surface area (Å²) >= 11 is 12.0. The summed E-state index contributed by atoms with van der Waals surface area (Å²) in [6.07, 6.45) is 0. The van der Waals surface area contributed by atoms with Crippen LogP contribution in [-0.2, 0) is 9.59 Å². The van der Waals surface area contributed by atoms with Crippen molar-refractivity contribution in [3.63, 3.8) is 0 Å². The minimum atomic E-state index is -0.848. The Labute approximate surface area is 262 Å². The molecule has 44 heavy (non-hydrogen) atoms. The van der Waals surface area contributed by atoms with Crippen LogP contribution in [0.3, 0.4) is 0 Å². The lowest BCUT2D eigenvalue weighted by Gasteiger charge is -2.33. The van der Waals surface area contributed by atoms with Crippen LogP contribution in [0.4, 0.5) is 20.2 Å². The molecule has 1 aliphatic heterocycles. The van der Waals surface area contributed by atoms with E-state index >= 15 is 0 Å². The normalized spacial score (nSPS) is 13.8. The summed E-state index contributed by atoms with van der Waals surface area (Å²) in [5.41, 5.74) is 3.01. The molecule has 0 spiro atoms. The van der Waals surface area contributed by atoms with E-state index < -0.39 is 29.4 Å². The van der Waals surface area contributed by atoms with Crippen LogP contribution >= 0.6 is 23.2 Å². The zero-order chi connectivity index (χ0) is 31.1. The fourth-order valence-electron chi connectivity index (χ4n) is 5.79. The molecule has 0 fully saturated rings. The van der Waals surface area contributed by atoms with Gasteiger partial charge in [-0.1, -0.05) is 71.7 Å². The van der Waals surface area contributed by atoms with E-state index in [1.54, 1.807) is 13.8 Å². The summed E-state index contributed by atoms with van der Waals surface area (Å²) in [5.74, 6) is -3.07. The molecule has 0 unspecified atom stereocenters. The van der Waals surface area contributed by atoms with Gasteiger partial charge < -0.3 is 16.0 Å². The topological polar surface area (TPSA) is 70.2 Å². The van der Waals surface area contributed by atoms with Crippen LogP contribution in [0.2, 0.25) is 10.0 Å². The van der Waals surface area contributed by atoms with Crippen LogP contribution < -0.4 is 16.0 Å². The van der Waals surface area contributed by atoms with Crippen LogP contribution in [-0.4, -0.2) is 11.8 Å². The van der Waals surface area contributed by atoms with E-state index in [1.807, 2.05) is 48.5 Å². The van der Waals surface area contributed by atoms with E-state index in [-0.39, 0.29) is 10.0 Å². The Morgan fingerprint density at radius 1 is 0.659 bits per heavy atom. The first-order valence-electron chi connectivity index (χ1n) is 13.7. The molecule has 0 aliphatic carbocycles. The molecule has 1 aliphatic rings. The van der Waals surface area contributed by atoms with Gasteiger partial charge in [-0.3, -0.25) is 9.59 Å². The second-order valence-corrected chi connectivity index (χ2v) is 11.3. The molecule has 0 atom stereocenters. The van der Waals surface area contributed by atoms with E-state index in [0.717, 1.165) is 27.1 Å². The maximum atomic E-state index is 14.2. The van der Waals surface area contributed by atoms with Crippen LogP contribution in [0.25, 0.3) is 21.5 Å². The summed E-state index contributed by atoms with van der Waals surface area (Å²) in [7, 11) is 0. The highest BCUT2D eigenvalue weighted by Crippen LogP contribution is 2.45. The van der Waals surface area contributed by atoms with Crippen molar-refractivity contribution in [1.29, 1.82) is 0 Å². The second-order valence-electron chi connectivity index (χ2n) is 10.5. The van der Waals surface area contributed by atoms with Crippen molar-refractivity contribution in [3.8, 4) is 0 Å². The summed E-state index contributed by atoms with van der Waals surface area (Å²) in [4.78, 5) is 28.4. The van der Waals surface area contributed by atoms with Gasteiger partial charge >= 0.3 is 0 Å². The molecule has 0 bridgehead atoms. The lowest BCUT2D eigenvalue weighted by Crippen LogP contribution is -2.35. The fourth-order valence-corrected chi connectivity index (χ4v) is 6.15. The van der Waals surface area contributed by atoms with Crippen LogP contribution in [0.1, 0.15) is 25.3 Å². The molecule has 0 saturated heterocycles. The second kappa shape index (κ2) is 11.8. The largest absolute Gasteiger partial charge is 0.362 e. The molecule has 0 saturated carbocycles. The van der Waals surface area contributed by atoms with E-state index in [9.17, 15) is 18.4 Å². The molecule has 5 nitrogen and oxygen atoms in total. The van der Waals surface area contributed by atoms with Crippen molar-refractivity contribution >= 4 is 67.9 Å². The first kappa shape index (κ1) is 29.4. The van der Waals surface area contributed by atoms with Crippen LogP contribution in [0, 0.1) is 11.6 Å². The first-order chi connectivity index (χ1) is 21.1. The lowest BCUT2D eigenvalue weighted by atomic mass is 9.76. The minimum absolute atomic E-state index is 0.138. The molecule has 0 aromatic heterocycles. The predicted molar refractivity (Wildman–Crippen MR) is 173 cm³/mol. The van der Waals surface area contributed by atoms with Crippen molar-refractivity contribution in [3.05, 3.63) is 141 Å². The number of nitrogens with one attached hydrogen (secondary N) is 3. The summed E-state index contributed by atoms with van der Waals surface area (Å²) < 4.78 is 27.8. The average molecular weight is 629 g/mol. The van der Waals surface area contributed by atoms with E-state index in [0.29, 0.717) is 33.9 Å². The third-order valence-corrected chi connectivity index (χ3v) is 8.29. The van der Waals surface area contributed by atoms with Gasteiger partial charge in [-0.15, -0.1) is 0 Å². The minimum Gasteiger partial charge on any atom is -0.362 e. The monoisotopic (exact) mass is 627 g/mol. The zero-order valence-electron chi connectivity index (χ0n) is 23.6. The molecular formula is C35H25Cl2F2N3O2. The number of anilines is 2. The summed E-state index contributed by atoms with van der Waals surface area (Å²) in [6.45, 7) is 3.54.